The van der Waals surface area contributed by atoms with Gasteiger partial charge in [-0.1, -0.05) is 163 Å². The van der Waals surface area contributed by atoms with Crippen molar-refractivity contribution in [1.82, 2.24) is 5.32 Å². The Balaban J connectivity index is 1.01. The van der Waals surface area contributed by atoms with Crippen molar-refractivity contribution in [3.8, 4) is 33.4 Å². The van der Waals surface area contributed by atoms with E-state index < -0.39 is 0 Å². The van der Waals surface area contributed by atoms with E-state index in [1.54, 1.807) is 0 Å². The molecule has 0 saturated carbocycles. The first-order valence-corrected chi connectivity index (χ1v) is 19.3. The molecule has 2 nitrogen and oxygen atoms in total. The normalized spacial score (nSPS) is 14.2. The summed E-state index contributed by atoms with van der Waals surface area (Å²) in [4.78, 5) is 0. The molecule has 8 aromatic rings. The molecule has 55 heavy (non-hydrogen) atoms. The molecule has 0 aliphatic heterocycles. The van der Waals surface area contributed by atoms with Crippen molar-refractivity contribution in [1.29, 1.82) is 0 Å². The van der Waals surface area contributed by atoms with Gasteiger partial charge < -0.3 is 11.1 Å². The second kappa shape index (κ2) is 13.4. The van der Waals surface area contributed by atoms with E-state index in [2.05, 4.69) is 189 Å². The molecule has 2 heteroatoms. The summed E-state index contributed by atoms with van der Waals surface area (Å²) in [6.45, 7) is 5.24. The highest BCUT2D eigenvalue weighted by Gasteiger charge is 2.29. The zero-order valence-electron chi connectivity index (χ0n) is 31.2. The minimum Gasteiger partial charge on any atom is -0.381 e. The maximum Gasteiger partial charge on any atom is 0.0510 e. The van der Waals surface area contributed by atoms with Crippen molar-refractivity contribution in [2.24, 2.45) is 5.73 Å². The van der Waals surface area contributed by atoms with Crippen LogP contribution in [0.3, 0.4) is 0 Å². The van der Waals surface area contributed by atoms with Gasteiger partial charge in [0, 0.05) is 12.2 Å². The number of fused-ring (bicyclic) bond motifs is 7. The molecule has 264 valence electrons. The Kier molecular flexibility index (Phi) is 8.08. The highest BCUT2D eigenvalue weighted by molar-refractivity contribution is 6.18. The van der Waals surface area contributed by atoms with Crippen LogP contribution < -0.4 is 11.1 Å². The largest absolute Gasteiger partial charge is 0.381 e. The SMILES string of the molecule is CC1=C(/C=C(\C)CN/C(=C\C(N)c2cccc3ccccc23)c2ccc3cc(-c4ccccc4)ccc3c2)c2c(ccc3c2-c2cccc4cccc-3c24)C1. The molecule has 0 fully saturated rings. The van der Waals surface area contributed by atoms with Gasteiger partial charge in [-0.25, -0.2) is 0 Å². The summed E-state index contributed by atoms with van der Waals surface area (Å²) in [5.74, 6) is 0. The third kappa shape index (κ3) is 5.78. The molecular formula is C53H42N2. The molecular weight excluding hydrogens is 665 g/mol. The Morgan fingerprint density at radius 3 is 2.24 bits per heavy atom. The lowest BCUT2D eigenvalue weighted by atomic mass is 9.91. The monoisotopic (exact) mass is 706 g/mol. The number of allylic oxidation sites excluding steroid dienone is 3. The zero-order chi connectivity index (χ0) is 37.0. The molecule has 0 heterocycles. The molecule has 0 radical (unpaired) electrons. The molecule has 0 bridgehead atoms. The van der Waals surface area contributed by atoms with Crippen LogP contribution in [0.4, 0.5) is 0 Å². The van der Waals surface area contributed by atoms with Crippen LogP contribution in [0.1, 0.15) is 42.1 Å². The van der Waals surface area contributed by atoms with Crippen molar-refractivity contribution in [3.05, 3.63) is 203 Å². The van der Waals surface area contributed by atoms with Gasteiger partial charge >= 0.3 is 0 Å². The summed E-state index contributed by atoms with van der Waals surface area (Å²) < 4.78 is 0. The summed E-state index contributed by atoms with van der Waals surface area (Å²) in [5, 5.41) is 11.4. The van der Waals surface area contributed by atoms with E-state index in [0.717, 1.165) is 23.2 Å². The van der Waals surface area contributed by atoms with Gasteiger partial charge in [0.2, 0.25) is 0 Å². The second-order valence-electron chi connectivity index (χ2n) is 15.3. The summed E-state index contributed by atoms with van der Waals surface area (Å²) in [6, 6.07) is 56.9. The fourth-order valence-corrected chi connectivity index (χ4v) is 8.99. The minimum absolute atomic E-state index is 0.298. The van der Waals surface area contributed by atoms with E-state index in [1.165, 1.54) is 93.5 Å². The third-order valence-electron chi connectivity index (χ3n) is 11.7. The molecule has 0 spiro atoms. The lowest BCUT2D eigenvalue weighted by Gasteiger charge is -2.18. The Hall–Kier alpha value is -6.48. The van der Waals surface area contributed by atoms with Crippen LogP contribution in [0.25, 0.3) is 77.0 Å². The predicted octanol–water partition coefficient (Wildman–Crippen LogP) is 13.1. The first-order chi connectivity index (χ1) is 27.0. The molecule has 0 saturated heterocycles. The van der Waals surface area contributed by atoms with E-state index in [0.29, 0.717) is 6.54 Å². The molecule has 8 aromatic carbocycles. The van der Waals surface area contributed by atoms with Gasteiger partial charge in [0.05, 0.1) is 6.04 Å². The second-order valence-corrected chi connectivity index (χ2v) is 15.3. The molecule has 1 atom stereocenters. The fourth-order valence-electron chi connectivity index (χ4n) is 8.99. The number of hydrogen-bond acceptors (Lipinski definition) is 2. The van der Waals surface area contributed by atoms with Gasteiger partial charge in [-0.15, -0.1) is 0 Å². The maximum atomic E-state index is 7.09. The molecule has 3 N–H and O–H groups in total. The van der Waals surface area contributed by atoms with E-state index >= 15 is 0 Å². The van der Waals surface area contributed by atoms with Gasteiger partial charge in [-0.05, 0) is 132 Å². The quantitative estimate of drug-likeness (QED) is 0.165. The van der Waals surface area contributed by atoms with Crippen molar-refractivity contribution in [2.45, 2.75) is 26.3 Å². The molecule has 0 aromatic heterocycles. The number of benzene rings is 8. The average Bonchev–Trinajstić information content (AvgIpc) is 3.73. The third-order valence-corrected chi connectivity index (χ3v) is 11.7. The Bertz CT molecular complexity index is 2910. The van der Waals surface area contributed by atoms with Crippen LogP contribution in [-0.4, -0.2) is 6.54 Å². The van der Waals surface area contributed by atoms with Gasteiger partial charge in [0.1, 0.15) is 0 Å². The van der Waals surface area contributed by atoms with Crippen molar-refractivity contribution < 1.29 is 0 Å². The van der Waals surface area contributed by atoms with Crippen LogP contribution in [0.2, 0.25) is 0 Å². The summed E-state index contributed by atoms with van der Waals surface area (Å²) in [7, 11) is 0. The maximum absolute atomic E-state index is 7.09. The van der Waals surface area contributed by atoms with Gasteiger partial charge in [0.25, 0.3) is 0 Å². The molecule has 2 aliphatic carbocycles. The zero-order valence-corrected chi connectivity index (χ0v) is 31.2. The smallest absolute Gasteiger partial charge is 0.0510 e. The van der Waals surface area contributed by atoms with Gasteiger partial charge in [-0.2, -0.15) is 0 Å². The van der Waals surface area contributed by atoms with Crippen LogP contribution in [-0.2, 0) is 6.42 Å². The van der Waals surface area contributed by atoms with E-state index in [4.69, 9.17) is 5.73 Å². The number of nitrogens with two attached hydrogens (primary N) is 1. The predicted molar refractivity (Wildman–Crippen MR) is 235 cm³/mol. The lowest BCUT2D eigenvalue weighted by Crippen LogP contribution is -2.18. The van der Waals surface area contributed by atoms with Gasteiger partial charge in [0.15, 0.2) is 0 Å². The highest BCUT2D eigenvalue weighted by Crippen LogP contribution is 2.53. The Labute approximate surface area is 323 Å². The van der Waals surface area contributed by atoms with E-state index in [-0.39, 0.29) is 6.04 Å². The van der Waals surface area contributed by atoms with Crippen LogP contribution in [0.5, 0.6) is 0 Å². The Morgan fingerprint density at radius 1 is 0.636 bits per heavy atom. The van der Waals surface area contributed by atoms with E-state index in [9.17, 15) is 0 Å². The fraction of sp³-hybridized carbons (Fsp3) is 0.0943. The first-order valence-electron chi connectivity index (χ1n) is 19.3. The van der Waals surface area contributed by atoms with Crippen LogP contribution in [0.15, 0.2) is 181 Å². The molecule has 10 rings (SSSR count). The number of rotatable bonds is 8. The van der Waals surface area contributed by atoms with Crippen molar-refractivity contribution in [2.75, 3.05) is 6.54 Å². The van der Waals surface area contributed by atoms with Crippen molar-refractivity contribution in [3.63, 3.8) is 0 Å². The molecule has 0 amide bonds. The average molecular weight is 707 g/mol. The van der Waals surface area contributed by atoms with Gasteiger partial charge in [-0.3, -0.25) is 0 Å². The number of hydrogen-bond donors (Lipinski definition) is 2. The molecule has 2 aliphatic rings. The number of nitrogens with one attached hydrogen (secondary N) is 1. The summed E-state index contributed by atoms with van der Waals surface area (Å²) >= 11 is 0. The summed E-state index contributed by atoms with van der Waals surface area (Å²) in [5.41, 5.74) is 25.1. The lowest BCUT2D eigenvalue weighted by molar-refractivity contribution is 0.893. The highest BCUT2D eigenvalue weighted by atomic mass is 14.9. The topological polar surface area (TPSA) is 38.0 Å². The van der Waals surface area contributed by atoms with Crippen molar-refractivity contribution >= 4 is 43.6 Å². The Morgan fingerprint density at radius 2 is 1.36 bits per heavy atom. The first kappa shape index (κ1) is 33.1. The van der Waals surface area contributed by atoms with Crippen LogP contribution in [0, 0.1) is 0 Å². The minimum atomic E-state index is -0.298. The van der Waals surface area contributed by atoms with E-state index in [1.807, 2.05) is 0 Å². The van der Waals surface area contributed by atoms with Crippen LogP contribution >= 0.6 is 0 Å². The standard InChI is InChI=1S/C53H42N2/c1-33(27-48-34(2)28-42-25-26-46-45-19-9-15-37-16-10-20-47(51(37)45)53(46)52(42)48)32-55-50(31-49(54)44-18-8-14-36-13-6-7-17-43(36)44)41-24-23-39-29-38(21-22-40(39)30-41)35-11-4-3-5-12-35/h3-27,29-31,49,55H,28,32,54H2,1-2H3/b33-27+,50-31-. The molecule has 1 unspecified atom stereocenters. The summed E-state index contributed by atoms with van der Waals surface area (Å²) in [6.07, 6.45) is 5.61.